The van der Waals surface area contributed by atoms with Crippen molar-refractivity contribution in [1.82, 2.24) is 5.32 Å². The summed E-state index contributed by atoms with van der Waals surface area (Å²) in [5.74, 6) is -0.103. The van der Waals surface area contributed by atoms with Gasteiger partial charge in [0.25, 0.3) is 0 Å². The molecule has 0 aromatic heterocycles. The van der Waals surface area contributed by atoms with E-state index in [0.29, 0.717) is 6.54 Å². The number of hydrogen-bond acceptors (Lipinski definition) is 3. The molecule has 0 aliphatic rings. The molecule has 0 spiro atoms. The standard InChI is InChI=1S/C13H19NO3/c1-9-5-6-11(17-4)10(7-9)8-14-13(2,3)12(15)16/h5-7,14H,8H2,1-4H3,(H,15,16). The number of ether oxygens (including phenoxy) is 1. The topological polar surface area (TPSA) is 58.6 Å². The van der Waals surface area contributed by atoms with E-state index < -0.39 is 11.5 Å². The summed E-state index contributed by atoms with van der Waals surface area (Å²) in [6.07, 6.45) is 0. The minimum atomic E-state index is -0.950. The molecule has 0 aliphatic carbocycles. The second kappa shape index (κ2) is 5.19. The van der Waals surface area contributed by atoms with Gasteiger partial charge in [-0.2, -0.15) is 0 Å². The molecule has 2 N–H and O–H groups in total. The zero-order valence-electron chi connectivity index (χ0n) is 10.7. The van der Waals surface area contributed by atoms with Crippen LogP contribution in [0.4, 0.5) is 0 Å². The lowest BCUT2D eigenvalue weighted by Gasteiger charge is -2.22. The molecular weight excluding hydrogens is 218 g/mol. The van der Waals surface area contributed by atoms with Crippen molar-refractivity contribution >= 4 is 5.97 Å². The third kappa shape index (κ3) is 3.46. The Kier molecular flexibility index (Phi) is 4.12. The van der Waals surface area contributed by atoms with Crippen molar-refractivity contribution in [2.75, 3.05) is 7.11 Å². The summed E-state index contributed by atoms with van der Waals surface area (Å²) in [6.45, 7) is 5.73. The SMILES string of the molecule is COc1ccc(C)cc1CNC(C)(C)C(=O)O. The first kappa shape index (κ1) is 13.5. The summed E-state index contributed by atoms with van der Waals surface area (Å²) < 4.78 is 5.24. The van der Waals surface area contributed by atoms with Gasteiger partial charge in [0.2, 0.25) is 0 Å². The van der Waals surface area contributed by atoms with E-state index in [2.05, 4.69) is 5.32 Å². The van der Waals surface area contributed by atoms with Gasteiger partial charge in [0.15, 0.2) is 0 Å². The normalized spacial score (nSPS) is 11.3. The maximum atomic E-state index is 11.0. The number of benzene rings is 1. The van der Waals surface area contributed by atoms with Gasteiger partial charge in [0.05, 0.1) is 7.11 Å². The molecule has 0 heterocycles. The minimum Gasteiger partial charge on any atom is -0.496 e. The molecule has 0 saturated carbocycles. The summed E-state index contributed by atoms with van der Waals surface area (Å²) in [6, 6.07) is 5.84. The summed E-state index contributed by atoms with van der Waals surface area (Å²) in [5, 5.41) is 12.0. The van der Waals surface area contributed by atoms with Crippen LogP contribution in [0.15, 0.2) is 18.2 Å². The third-order valence-electron chi connectivity index (χ3n) is 2.69. The van der Waals surface area contributed by atoms with Gasteiger partial charge < -0.3 is 9.84 Å². The van der Waals surface area contributed by atoms with Gasteiger partial charge in [-0.1, -0.05) is 17.7 Å². The van der Waals surface area contributed by atoms with E-state index >= 15 is 0 Å². The molecule has 17 heavy (non-hydrogen) atoms. The van der Waals surface area contributed by atoms with E-state index in [9.17, 15) is 4.79 Å². The van der Waals surface area contributed by atoms with Crippen LogP contribution in [0.1, 0.15) is 25.0 Å². The Morgan fingerprint density at radius 1 is 1.47 bits per heavy atom. The second-order valence-electron chi connectivity index (χ2n) is 4.60. The summed E-state index contributed by atoms with van der Waals surface area (Å²) >= 11 is 0. The average Bonchev–Trinajstić information content (AvgIpc) is 2.26. The molecule has 0 atom stereocenters. The summed E-state index contributed by atoms with van der Waals surface area (Å²) in [5.41, 5.74) is 1.13. The van der Waals surface area contributed by atoms with Crippen LogP contribution in [0.5, 0.6) is 5.75 Å². The Bertz CT molecular complexity index is 413. The first-order valence-corrected chi connectivity index (χ1v) is 5.49. The molecule has 1 aromatic rings. The highest BCUT2D eigenvalue weighted by Crippen LogP contribution is 2.20. The van der Waals surface area contributed by atoms with Crippen LogP contribution in [0.3, 0.4) is 0 Å². The average molecular weight is 237 g/mol. The first-order chi connectivity index (χ1) is 7.86. The molecule has 0 amide bonds. The number of aliphatic carboxylic acids is 1. The number of carboxylic acids is 1. The summed E-state index contributed by atoms with van der Waals surface area (Å²) in [7, 11) is 1.61. The van der Waals surface area contributed by atoms with Crippen molar-refractivity contribution in [2.45, 2.75) is 32.9 Å². The molecule has 0 saturated heterocycles. The number of carboxylic acid groups (broad SMARTS) is 1. The number of rotatable bonds is 5. The van der Waals surface area contributed by atoms with Crippen LogP contribution in [0.2, 0.25) is 0 Å². The summed E-state index contributed by atoms with van der Waals surface area (Å²) in [4.78, 5) is 11.0. The second-order valence-corrected chi connectivity index (χ2v) is 4.60. The number of hydrogen-bond donors (Lipinski definition) is 2. The fourth-order valence-corrected chi connectivity index (χ4v) is 1.44. The molecule has 4 nitrogen and oxygen atoms in total. The van der Waals surface area contributed by atoms with E-state index in [-0.39, 0.29) is 0 Å². The third-order valence-corrected chi connectivity index (χ3v) is 2.69. The van der Waals surface area contributed by atoms with Crippen molar-refractivity contribution in [1.29, 1.82) is 0 Å². The molecule has 4 heteroatoms. The zero-order chi connectivity index (χ0) is 13.1. The monoisotopic (exact) mass is 237 g/mol. The Morgan fingerprint density at radius 3 is 2.65 bits per heavy atom. The van der Waals surface area contributed by atoms with E-state index in [1.807, 2.05) is 25.1 Å². The molecule has 0 radical (unpaired) electrons. The van der Waals surface area contributed by atoms with Gasteiger partial charge in [0.1, 0.15) is 11.3 Å². The smallest absolute Gasteiger partial charge is 0.323 e. The number of aryl methyl sites for hydroxylation is 1. The maximum Gasteiger partial charge on any atom is 0.323 e. The van der Waals surface area contributed by atoms with Gasteiger partial charge in [-0.15, -0.1) is 0 Å². The van der Waals surface area contributed by atoms with Crippen molar-refractivity contribution in [2.24, 2.45) is 0 Å². The molecule has 0 fully saturated rings. The van der Waals surface area contributed by atoms with Crippen LogP contribution < -0.4 is 10.1 Å². The number of carbonyl (C=O) groups is 1. The van der Waals surface area contributed by atoms with Crippen molar-refractivity contribution < 1.29 is 14.6 Å². The van der Waals surface area contributed by atoms with Gasteiger partial charge in [-0.25, -0.2) is 0 Å². The highest BCUT2D eigenvalue weighted by Gasteiger charge is 2.26. The van der Waals surface area contributed by atoms with E-state index in [4.69, 9.17) is 9.84 Å². The van der Waals surface area contributed by atoms with E-state index in [0.717, 1.165) is 16.9 Å². The van der Waals surface area contributed by atoms with Crippen LogP contribution in [0, 0.1) is 6.92 Å². The lowest BCUT2D eigenvalue weighted by molar-refractivity contribution is -0.143. The molecule has 0 unspecified atom stereocenters. The molecule has 0 aliphatic heterocycles. The van der Waals surface area contributed by atoms with Crippen LogP contribution in [-0.4, -0.2) is 23.7 Å². The highest BCUT2D eigenvalue weighted by atomic mass is 16.5. The predicted octanol–water partition coefficient (Wildman–Crippen LogP) is 1.96. The Hall–Kier alpha value is -1.55. The largest absolute Gasteiger partial charge is 0.496 e. The molecular formula is C13H19NO3. The minimum absolute atomic E-state index is 0.462. The Balaban J connectivity index is 2.81. The van der Waals surface area contributed by atoms with Gasteiger partial charge in [0, 0.05) is 12.1 Å². The first-order valence-electron chi connectivity index (χ1n) is 5.49. The highest BCUT2D eigenvalue weighted by molar-refractivity contribution is 5.77. The maximum absolute atomic E-state index is 11.0. The van der Waals surface area contributed by atoms with Gasteiger partial charge in [-0.3, -0.25) is 10.1 Å². The molecule has 1 aromatic carbocycles. The fraction of sp³-hybridized carbons (Fsp3) is 0.462. The fourth-order valence-electron chi connectivity index (χ4n) is 1.44. The van der Waals surface area contributed by atoms with Crippen molar-refractivity contribution in [3.05, 3.63) is 29.3 Å². The Labute approximate surface area is 102 Å². The van der Waals surface area contributed by atoms with Gasteiger partial charge in [-0.05, 0) is 26.8 Å². The van der Waals surface area contributed by atoms with Gasteiger partial charge >= 0.3 is 5.97 Å². The zero-order valence-corrected chi connectivity index (χ0v) is 10.7. The lowest BCUT2D eigenvalue weighted by atomic mass is 10.0. The number of methoxy groups -OCH3 is 1. The lowest BCUT2D eigenvalue weighted by Crippen LogP contribution is -2.46. The van der Waals surface area contributed by atoms with Crippen molar-refractivity contribution in [3.8, 4) is 5.75 Å². The molecule has 94 valence electrons. The van der Waals surface area contributed by atoms with E-state index in [1.165, 1.54) is 0 Å². The number of nitrogens with one attached hydrogen (secondary N) is 1. The Morgan fingerprint density at radius 2 is 2.12 bits per heavy atom. The molecule has 0 bridgehead atoms. The molecule has 1 rings (SSSR count). The van der Waals surface area contributed by atoms with Crippen LogP contribution in [-0.2, 0) is 11.3 Å². The predicted molar refractivity (Wildman–Crippen MR) is 66.3 cm³/mol. The van der Waals surface area contributed by atoms with E-state index in [1.54, 1.807) is 21.0 Å². The van der Waals surface area contributed by atoms with Crippen LogP contribution in [0.25, 0.3) is 0 Å². The quantitative estimate of drug-likeness (QED) is 0.822. The van der Waals surface area contributed by atoms with Crippen molar-refractivity contribution in [3.63, 3.8) is 0 Å². The van der Waals surface area contributed by atoms with Crippen LogP contribution >= 0.6 is 0 Å².